The van der Waals surface area contributed by atoms with Crippen molar-refractivity contribution in [2.75, 3.05) is 33.5 Å². The average molecular weight is 279 g/mol. The predicted octanol–water partition coefficient (Wildman–Crippen LogP) is 3.13. The number of methoxy groups -OCH3 is 1. The van der Waals surface area contributed by atoms with Gasteiger partial charge in [0.25, 0.3) is 0 Å². The van der Waals surface area contributed by atoms with E-state index in [0.717, 1.165) is 19.6 Å². The first-order valence-electron chi connectivity index (χ1n) is 7.50. The minimum absolute atomic E-state index is 0.501. The van der Waals surface area contributed by atoms with Crippen LogP contribution in [0.2, 0.25) is 0 Å². The van der Waals surface area contributed by atoms with Crippen molar-refractivity contribution in [1.82, 2.24) is 5.32 Å². The maximum absolute atomic E-state index is 5.60. The smallest absolute Gasteiger partial charge is 0.0700 e. The third kappa shape index (κ3) is 7.04. The molecule has 0 aliphatic carbocycles. The summed E-state index contributed by atoms with van der Waals surface area (Å²) in [6.45, 7) is 9.60. The van der Waals surface area contributed by atoms with Gasteiger partial charge >= 0.3 is 0 Å². The number of nitrogens with one attached hydrogen (secondary N) is 1. The third-order valence-electron chi connectivity index (χ3n) is 3.36. The molecule has 0 saturated heterocycles. The van der Waals surface area contributed by atoms with Crippen LogP contribution in [-0.4, -0.2) is 39.5 Å². The molecule has 0 heterocycles. The van der Waals surface area contributed by atoms with Gasteiger partial charge in [0.05, 0.1) is 13.2 Å². The van der Waals surface area contributed by atoms with Crippen molar-refractivity contribution in [1.29, 1.82) is 0 Å². The zero-order valence-corrected chi connectivity index (χ0v) is 13.3. The zero-order valence-electron chi connectivity index (χ0n) is 13.3. The van der Waals surface area contributed by atoms with Gasteiger partial charge in [0, 0.05) is 26.3 Å². The molecule has 20 heavy (non-hydrogen) atoms. The first kappa shape index (κ1) is 17.2. The predicted molar refractivity (Wildman–Crippen MR) is 84.4 cm³/mol. The maximum Gasteiger partial charge on any atom is 0.0700 e. The molecule has 0 bridgehead atoms. The number of hydrogen-bond donors (Lipinski definition) is 1. The molecule has 0 radical (unpaired) electrons. The van der Waals surface area contributed by atoms with Crippen LogP contribution in [0.15, 0.2) is 24.3 Å². The van der Waals surface area contributed by atoms with E-state index in [1.165, 1.54) is 11.1 Å². The Balaban J connectivity index is 2.49. The minimum atomic E-state index is 0.501. The third-order valence-corrected chi connectivity index (χ3v) is 3.36. The first-order chi connectivity index (χ1) is 9.63. The van der Waals surface area contributed by atoms with Crippen LogP contribution >= 0.6 is 0 Å². The van der Waals surface area contributed by atoms with E-state index in [1.807, 2.05) is 0 Å². The molecule has 0 aliphatic heterocycles. The summed E-state index contributed by atoms with van der Waals surface area (Å²) in [7, 11) is 1.70. The number of aryl methyl sites for hydroxylation is 1. The molecule has 0 aliphatic rings. The van der Waals surface area contributed by atoms with Crippen LogP contribution < -0.4 is 5.32 Å². The molecule has 1 unspecified atom stereocenters. The molecular weight excluding hydrogens is 250 g/mol. The lowest BCUT2D eigenvalue weighted by molar-refractivity contribution is 0.0669. The van der Waals surface area contributed by atoms with E-state index < -0.39 is 0 Å². The molecule has 1 aromatic rings. The molecule has 3 heteroatoms. The molecule has 0 spiro atoms. The Morgan fingerprint density at radius 2 is 1.75 bits per heavy atom. The van der Waals surface area contributed by atoms with Crippen molar-refractivity contribution in [3.63, 3.8) is 0 Å². The van der Waals surface area contributed by atoms with Gasteiger partial charge in [-0.05, 0) is 24.8 Å². The van der Waals surface area contributed by atoms with Crippen LogP contribution in [0.5, 0.6) is 0 Å². The molecule has 0 amide bonds. The molecule has 1 N–H and O–H groups in total. The number of ether oxygens (including phenoxy) is 2. The topological polar surface area (TPSA) is 30.5 Å². The fourth-order valence-electron chi connectivity index (χ4n) is 2.07. The van der Waals surface area contributed by atoms with Gasteiger partial charge in [0.1, 0.15) is 0 Å². The van der Waals surface area contributed by atoms with Gasteiger partial charge < -0.3 is 14.8 Å². The quantitative estimate of drug-likeness (QED) is 0.668. The standard InChI is InChI=1S/C17H29NO2/c1-14(2)18-13-17(9-10-20-12-11-19-4)16-7-5-15(3)6-8-16/h5-8,14,17-18H,9-13H2,1-4H3. The first-order valence-corrected chi connectivity index (χ1v) is 7.50. The van der Waals surface area contributed by atoms with E-state index in [2.05, 4.69) is 50.4 Å². The highest BCUT2D eigenvalue weighted by atomic mass is 16.5. The van der Waals surface area contributed by atoms with Crippen molar-refractivity contribution < 1.29 is 9.47 Å². The summed E-state index contributed by atoms with van der Waals surface area (Å²) < 4.78 is 10.6. The van der Waals surface area contributed by atoms with Crippen molar-refractivity contribution >= 4 is 0 Å². The summed E-state index contributed by atoms with van der Waals surface area (Å²) >= 11 is 0. The molecule has 1 atom stereocenters. The second kappa shape index (κ2) is 9.92. The minimum Gasteiger partial charge on any atom is -0.382 e. The summed E-state index contributed by atoms with van der Waals surface area (Å²) in [6, 6.07) is 9.35. The fourth-order valence-corrected chi connectivity index (χ4v) is 2.07. The lowest BCUT2D eigenvalue weighted by Gasteiger charge is -2.20. The van der Waals surface area contributed by atoms with Gasteiger partial charge in [-0.2, -0.15) is 0 Å². The highest BCUT2D eigenvalue weighted by Gasteiger charge is 2.12. The summed E-state index contributed by atoms with van der Waals surface area (Å²) in [5.41, 5.74) is 2.69. The molecule has 0 fully saturated rings. The summed E-state index contributed by atoms with van der Waals surface area (Å²) in [6.07, 6.45) is 1.03. The van der Waals surface area contributed by atoms with Gasteiger partial charge in [0.2, 0.25) is 0 Å². The van der Waals surface area contributed by atoms with E-state index >= 15 is 0 Å². The average Bonchev–Trinajstić information content (AvgIpc) is 2.43. The highest BCUT2D eigenvalue weighted by molar-refractivity contribution is 5.24. The Labute approximate surface area is 123 Å². The molecular formula is C17H29NO2. The lowest BCUT2D eigenvalue weighted by Crippen LogP contribution is -2.28. The Morgan fingerprint density at radius 3 is 2.35 bits per heavy atom. The monoisotopic (exact) mass is 279 g/mol. The van der Waals surface area contributed by atoms with E-state index in [1.54, 1.807) is 7.11 Å². The van der Waals surface area contributed by atoms with Crippen LogP contribution in [-0.2, 0) is 9.47 Å². The second-order valence-electron chi connectivity index (χ2n) is 5.56. The van der Waals surface area contributed by atoms with E-state index in [-0.39, 0.29) is 0 Å². The van der Waals surface area contributed by atoms with Crippen molar-refractivity contribution in [2.45, 2.75) is 39.2 Å². The van der Waals surface area contributed by atoms with E-state index in [0.29, 0.717) is 25.2 Å². The van der Waals surface area contributed by atoms with Crippen molar-refractivity contribution in [3.05, 3.63) is 35.4 Å². The Morgan fingerprint density at radius 1 is 1.05 bits per heavy atom. The summed E-state index contributed by atoms with van der Waals surface area (Å²) in [5, 5.41) is 3.53. The van der Waals surface area contributed by atoms with Gasteiger partial charge in [-0.25, -0.2) is 0 Å². The number of hydrogen-bond acceptors (Lipinski definition) is 3. The number of rotatable bonds is 10. The van der Waals surface area contributed by atoms with E-state index in [9.17, 15) is 0 Å². The van der Waals surface area contributed by atoms with Gasteiger partial charge in [0.15, 0.2) is 0 Å². The Bertz CT molecular complexity index is 349. The highest BCUT2D eigenvalue weighted by Crippen LogP contribution is 2.20. The fraction of sp³-hybridized carbons (Fsp3) is 0.647. The van der Waals surface area contributed by atoms with Gasteiger partial charge in [-0.15, -0.1) is 0 Å². The normalized spacial score (nSPS) is 12.8. The maximum atomic E-state index is 5.60. The Kier molecular flexibility index (Phi) is 8.51. The van der Waals surface area contributed by atoms with E-state index in [4.69, 9.17) is 9.47 Å². The van der Waals surface area contributed by atoms with Gasteiger partial charge in [-0.3, -0.25) is 0 Å². The van der Waals surface area contributed by atoms with Crippen molar-refractivity contribution in [2.24, 2.45) is 0 Å². The van der Waals surface area contributed by atoms with Gasteiger partial charge in [-0.1, -0.05) is 43.7 Å². The van der Waals surface area contributed by atoms with Crippen LogP contribution in [0.25, 0.3) is 0 Å². The Hall–Kier alpha value is -0.900. The number of benzene rings is 1. The lowest BCUT2D eigenvalue weighted by atomic mass is 9.95. The summed E-state index contributed by atoms with van der Waals surface area (Å²) in [5.74, 6) is 0.501. The molecule has 0 saturated carbocycles. The molecule has 1 aromatic carbocycles. The SMILES string of the molecule is COCCOCCC(CNC(C)C)c1ccc(C)cc1. The van der Waals surface area contributed by atoms with Crippen LogP contribution in [0.1, 0.15) is 37.3 Å². The second-order valence-corrected chi connectivity index (χ2v) is 5.56. The van der Waals surface area contributed by atoms with Crippen LogP contribution in [0.4, 0.5) is 0 Å². The van der Waals surface area contributed by atoms with Crippen LogP contribution in [0.3, 0.4) is 0 Å². The molecule has 3 nitrogen and oxygen atoms in total. The molecule has 114 valence electrons. The van der Waals surface area contributed by atoms with Crippen LogP contribution in [0, 0.1) is 6.92 Å². The summed E-state index contributed by atoms with van der Waals surface area (Å²) in [4.78, 5) is 0. The zero-order chi connectivity index (χ0) is 14.8. The molecule has 1 rings (SSSR count). The van der Waals surface area contributed by atoms with Crippen molar-refractivity contribution in [3.8, 4) is 0 Å². The largest absolute Gasteiger partial charge is 0.382 e. The molecule has 0 aromatic heterocycles.